The smallest absolute Gasteiger partial charge is 0.336 e. The van der Waals surface area contributed by atoms with Crippen LogP contribution in [0.25, 0.3) is 11.1 Å². The van der Waals surface area contributed by atoms with Gasteiger partial charge in [-0.1, -0.05) is 49.4 Å². The third-order valence-electron chi connectivity index (χ3n) is 6.83. The second-order valence-electron chi connectivity index (χ2n) is 9.32. The van der Waals surface area contributed by atoms with Crippen LogP contribution >= 0.6 is 0 Å². The zero-order chi connectivity index (χ0) is 28.8. The van der Waals surface area contributed by atoms with Crippen molar-refractivity contribution in [3.05, 3.63) is 76.9 Å². The number of rotatable bonds is 10. The molecule has 2 heterocycles. The minimum absolute atomic E-state index is 0.138. The van der Waals surface area contributed by atoms with Crippen LogP contribution in [0.4, 0.5) is 0 Å². The van der Waals surface area contributed by atoms with Crippen molar-refractivity contribution in [3.63, 3.8) is 0 Å². The Morgan fingerprint density at radius 2 is 1.68 bits per heavy atom. The summed E-state index contributed by atoms with van der Waals surface area (Å²) in [7, 11) is 0. The summed E-state index contributed by atoms with van der Waals surface area (Å²) in [4.78, 5) is 56.3. The third-order valence-corrected chi connectivity index (χ3v) is 6.83. The summed E-state index contributed by atoms with van der Waals surface area (Å²) in [6.07, 6.45) is 0.571. The summed E-state index contributed by atoms with van der Waals surface area (Å²) in [5, 5.41) is 9.56. The van der Waals surface area contributed by atoms with E-state index in [1.807, 2.05) is 35.8 Å². The number of carboxylic acids is 1. The predicted molar refractivity (Wildman–Crippen MR) is 146 cm³/mol. The molecule has 1 aromatic heterocycles. The Bertz CT molecular complexity index is 1410. The van der Waals surface area contributed by atoms with E-state index in [0.717, 1.165) is 22.6 Å². The molecular formula is C30H33N3O7. The van der Waals surface area contributed by atoms with Crippen molar-refractivity contribution in [2.75, 3.05) is 19.8 Å². The molecule has 0 saturated heterocycles. The molecule has 0 spiro atoms. The molecule has 1 amide bonds. The standard InChI is InChI=1S/C30H33N3O7/c1-4-24-31-23-15-16-32(25(34)17-26(35)39-5-2)28(30(38)40-6-3)27(23)33(24)18-19-11-13-20(14-12-19)21-9-7-8-10-22(21)29(36)37/h7-14,28H,4-6,15-18H2,1-3H3,(H,36,37). The molecule has 2 aromatic carbocycles. The molecule has 1 atom stereocenters. The maximum absolute atomic E-state index is 13.3. The molecule has 4 rings (SSSR count). The number of nitrogens with zero attached hydrogens (tertiary/aromatic N) is 3. The molecule has 1 N–H and O–H groups in total. The topological polar surface area (TPSA) is 128 Å². The van der Waals surface area contributed by atoms with Gasteiger partial charge in [-0.25, -0.2) is 14.6 Å². The number of fused-ring (bicyclic) bond motifs is 1. The van der Waals surface area contributed by atoms with Crippen LogP contribution in [0.1, 0.15) is 66.4 Å². The molecule has 1 aliphatic rings. The summed E-state index contributed by atoms with van der Waals surface area (Å²) in [5.41, 5.74) is 3.82. The van der Waals surface area contributed by atoms with E-state index >= 15 is 0 Å². The van der Waals surface area contributed by atoms with Crippen molar-refractivity contribution in [2.24, 2.45) is 0 Å². The van der Waals surface area contributed by atoms with Gasteiger partial charge in [0, 0.05) is 25.9 Å². The van der Waals surface area contributed by atoms with Crippen molar-refractivity contribution in [2.45, 2.75) is 52.6 Å². The molecule has 0 fully saturated rings. The molecule has 10 heteroatoms. The first kappa shape index (κ1) is 28.5. The molecule has 40 heavy (non-hydrogen) atoms. The number of esters is 2. The van der Waals surface area contributed by atoms with Crippen molar-refractivity contribution in [3.8, 4) is 11.1 Å². The van der Waals surface area contributed by atoms with Gasteiger partial charge in [-0.15, -0.1) is 0 Å². The lowest BCUT2D eigenvalue weighted by molar-refractivity contribution is -0.159. The van der Waals surface area contributed by atoms with Gasteiger partial charge in [0.15, 0.2) is 6.04 Å². The van der Waals surface area contributed by atoms with Gasteiger partial charge in [-0.3, -0.25) is 9.59 Å². The van der Waals surface area contributed by atoms with E-state index in [4.69, 9.17) is 14.5 Å². The fraction of sp³-hybridized carbons (Fsp3) is 0.367. The molecule has 3 aromatic rings. The number of amides is 1. The molecule has 0 radical (unpaired) electrons. The number of imidazole rings is 1. The number of carboxylic acid groups (broad SMARTS) is 1. The Labute approximate surface area is 232 Å². The number of hydrogen-bond acceptors (Lipinski definition) is 7. The molecule has 1 aliphatic heterocycles. The Kier molecular flexibility index (Phi) is 8.98. The van der Waals surface area contributed by atoms with Crippen LogP contribution in [0.2, 0.25) is 0 Å². The first-order chi connectivity index (χ1) is 19.3. The Hall–Kier alpha value is -4.47. The third kappa shape index (κ3) is 5.90. The van der Waals surface area contributed by atoms with E-state index in [9.17, 15) is 24.3 Å². The van der Waals surface area contributed by atoms with Crippen molar-refractivity contribution in [1.82, 2.24) is 14.5 Å². The fourth-order valence-electron chi connectivity index (χ4n) is 5.07. The summed E-state index contributed by atoms with van der Waals surface area (Å²) >= 11 is 0. The number of benzene rings is 2. The number of aromatic carboxylic acids is 1. The minimum Gasteiger partial charge on any atom is -0.478 e. The molecule has 210 valence electrons. The molecule has 0 bridgehead atoms. The number of hydrogen-bond donors (Lipinski definition) is 1. The van der Waals surface area contributed by atoms with Crippen LogP contribution < -0.4 is 0 Å². The lowest BCUT2D eigenvalue weighted by Crippen LogP contribution is -2.45. The first-order valence-electron chi connectivity index (χ1n) is 13.4. The lowest BCUT2D eigenvalue weighted by Gasteiger charge is -2.34. The fourth-order valence-corrected chi connectivity index (χ4v) is 5.07. The predicted octanol–water partition coefficient (Wildman–Crippen LogP) is 3.80. The van der Waals surface area contributed by atoms with Crippen LogP contribution in [-0.4, -0.2) is 63.1 Å². The van der Waals surface area contributed by atoms with Gasteiger partial charge in [0.25, 0.3) is 0 Å². The van der Waals surface area contributed by atoms with Gasteiger partial charge in [-0.05, 0) is 36.6 Å². The second kappa shape index (κ2) is 12.6. The normalized spacial score (nSPS) is 14.4. The van der Waals surface area contributed by atoms with Crippen molar-refractivity contribution in [1.29, 1.82) is 0 Å². The zero-order valence-corrected chi connectivity index (χ0v) is 22.9. The van der Waals surface area contributed by atoms with Crippen LogP contribution in [0, 0.1) is 0 Å². The maximum Gasteiger partial charge on any atom is 0.336 e. The Morgan fingerprint density at radius 3 is 2.33 bits per heavy atom. The monoisotopic (exact) mass is 547 g/mol. The number of carbonyl (C=O) groups is 4. The summed E-state index contributed by atoms with van der Waals surface area (Å²) in [6.45, 7) is 6.24. The van der Waals surface area contributed by atoms with E-state index in [0.29, 0.717) is 30.6 Å². The quantitative estimate of drug-likeness (QED) is 0.300. The summed E-state index contributed by atoms with van der Waals surface area (Å²) in [6, 6.07) is 13.3. The number of ether oxygens (including phenoxy) is 2. The van der Waals surface area contributed by atoms with E-state index < -0.39 is 36.3 Å². The highest BCUT2D eigenvalue weighted by Crippen LogP contribution is 2.34. The van der Waals surface area contributed by atoms with Crippen LogP contribution in [0.3, 0.4) is 0 Å². The van der Waals surface area contributed by atoms with Crippen LogP contribution in [0.5, 0.6) is 0 Å². The molecular weight excluding hydrogens is 514 g/mol. The summed E-state index contributed by atoms with van der Waals surface area (Å²) in [5.74, 6) is -1.96. The second-order valence-corrected chi connectivity index (χ2v) is 9.32. The van der Waals surface area contributed by atoms with Gasteiger partial charge < -0.3 is 24.0 Å². The number of aromatic nitrogens is 2. The largest absolute Gasteiger partial charge is 0.478 e. The average Bonchev–Trinajstić information content (AvgIpc) is 3.30. The van der Waals surface area contributed by atoms with Gasteiger partial charge >= 0.3 is 17.9 Å². The van der Waals surface area contributed by atoms with Gasteiger partial charge in [-0.2, -0.15) is 0 Å². The average molecular weight is 548 g/mol. The number of carbonyl (C=O) groups excluding carboxylic acids is 3. The number of aryl methyl sites for hydroxylation is 1. The maximum atomic E-state index is 13.3. The van der Waals surface area contributed by atoms with Crippen molar-refractivity contribution >= 4 is 23.8 Å². The van der Waals surface area contributed by atoms with E-state index in [1.165, 1.54) is 4.90 Å². The van der Waals surface area contributed by atoms with Gasteiger partial charge in [0.05, 0.1) is 30.2 Å². The zero-order valence-electron chi connectivity index (χ0n) is 22.9. The van der Waals surface area contributed by atoms with E-state index in [2.05, 4.69) is 0 Å². The van der Waals surface area contributed by atoms with Gasteiger partial charge in [0.2, 0.25) is 5.91 Å². The van der Waals surface area contributed by atoms with E-state index in [-0.39, 0.29) is 25.3 Å². The molecule has 0 saturated carbocycles. The lowest BCUT2D eigenvalue weighted by atomic mass is 9.98. The molecule has 10 nitrogen and oxygen atoms in total. The Balaban J connectivity index is 1.70. The SMILES string of the molecule is CCOC(=O)CC(=O)N1CCc2nc(CC)n(Cc3ccc(-c4ccccc4C(=O)O)cc3)c2C1C(=O)OCC. The minimum atomic E-state index is -1.04. The van der Waals surface area contributed by atoms with E-state index in [1.54, 1.807) is 38.1 Å². The molecule has 0 aliphatic carbocycles. The highest BCUT2D eigenvalue weighted by Gasteiger charge is 2.41. The van der Waals surface area contributed by atoms with Crippen molar-refractivity contribution < 1.29 is 33.8 Å². The summed E-state index contributed by atoms with van der Waals surface area (Å²) < 4.78 is 12.3. The Morgan fingerprint density at radius 1 is 0.975 bits per heavy atom. The van der Waals surface area contributed by atoms with Crippen LogP contribution in [-0.2, 0) is 43.2 Å². The van der Waals surface area contributed by atoms with Gasteiger partial charge in [0.1, 0.15) is 12.2 Å². The highest BCUT2D eigenvalue weighted by molar-refractivity contribution is 5.97. The first-order valence-corrected chi connectivity index (χ1v) is 13.4. The highest BCUT2D eigenvalue weighted by atomic mass is 16.5. The van der Waals surface area contributed by atoms with Crippen LogP contribution in [0.15, 0.2) is 48.5 Å². The molecule has 1 unspecified atom stereocenters.